The molecule has 0 amide bonds. The first-order chi connectivity index (χ1) is 7.76. The lowest BCUT2D eigenvalue weighted by molar-refractivity contribution is 0.141. The summed E-state index contributed by atoms with van der Waals surface area (Å²) in [5, 5.41) is 0. The molecule has 5 nitrogen and oxygen atoms in total. The molecule has 0 fully saturated rings. The van der Waals surface area contributed by atoms with Crippen molar-refractivity contribution < 1.29 is 9.25 Å². The smallest absolute Gasteiger partial charge is 0.408 e. The quantitative estimate of drug-likeness (QED) is 0.785. The van der Waals surface area contributed by atoms with Gasteiger partial charge >= 0.3 is 5.76 Å². The Morgan fingerprint density at radius 3 is 3.00 bits per heavy atom. The third-order valence-electron chi connectivity index (χ3n) is 2.56. The Hall–Kier alpha value is -1.59. The molecule has 0 aliphatic carbocycles. The number of oxazole rings is 1. The molecule has 16 heavy (non-hydrogen) atoms. The number of aromatic nitrogens is 1. The van der Waals surface area contributed by atoms with Crippen LogP contribution in [0.3, 0.4) is 0 Å². The summed E-state index contributed by atoms with van der Waals surface area (Å²) in [5.74, 6) is 4.66. The summed E-state index contributed by atoms with van der Waals surface area (Å²) in [6.45, 7) is 2.97. The molecular weight excluding hydrogens is 208 g/mol. The highest BCUT2D eigenvalue weighted by atomic mass is 16.6. The average molecular weight is 222 g/mol. The third-order valence-corrected chi connectivity index (χ3v) is 2.56. The molecule has 5 heteroatoms. The molecule has 0 aliphatic heterocycles. The zero-order valence-electron chi connectivity index (χ0n) is 9.10. The van der Waals surface area contributed by atoms with E-state index < -0.39 is 0 Å². The van der Waals surface area contributed by atoms with Crippen molar-refractivity contribution in [3.8, 4) is 0 Å². The van der Waals surface area contributed by atoms with E-state index in [1.54, 1.807) is 10.6 Å². The van der Waals surface area contributed by atoms with Gasteiger partial charge in [0.25, 0.3) is 0 Å². The van der Waals surface area contributed by atoms with E-state index in [0.717, 1.165) is 17.5 Å². The molecule has 0 saturated carbocycles. The fourth-order valence-corrected chi connectivity index (χ4v) is 1.74. The average Bonchev–Trinajstić information content (AvgIpc) is 2.61. The summed E-state index contributed by atoms with van der Waals surface area (Å²) in [7, 11) is 0. The number of rotatable bonds is 4. The van der Waals surface area contributed by atoms with E-state index in [-0.39, 0.29) is 5.76 Å². The molecule has 2 N–H and O–H groups in total. The first kappa shape index (κ1) is 10.9. The standard InChI is InChI=1S/C11H14N2O3/c1-2-13-9-7-8(5-6-15-12)3-4-10(9)16-11(13)14/h3-4,7H,2,5-6,12H2,1H3. The number of hydrogen-bond donors (Lipinski definition) is 1. The molecule has 1 heterocycles. The van der Waals surface area contributed by atoms with E-state index >= 15 is 0 Å². The molecule has 0 atom stereocenters. The molecule has 0 bridgehead atoms. The maximum Gasteiger partial charge on any atom is 0.419 e. The van der Waals surface area contributed by atoms with E-state index in [1.165, 1.54) is 0 Å². The Kier molecular flexibility index (Phi) is 3.07. The van der Waals surface area contributed by atoms with Gasteiger partial charge in [0.15, 0.2) is 5.58 Å². The van der Waals surface area contributed by atoms with Gasteiger partial charge in [-0.1, -0.05) is 6.07 Å². The van der Waals surface area contributed by atoms with Crippen molar-refractivity contribution >= 4 is 11.1 Å². The minimum atomic E-state index is -0.315. The number of fused-ring (bicyclic) bond motifs is 1. The minimum absolute atomic E-state index is 0.315. The first-order valence-electron chi connectivity index (χ1n) is 5.20. The summed E-state index contributed by atoms with van der Waals surface area (Å²) in [6, 6.07) is 5.64. The molecule has 0 saturated heterocycles. The fraction of sp³-hybridized carbons (Fsp3) is 0.364. The topological polar surface area (TPSA) is 70.4 Å². The van der Waals surface area contributed by atoms with Gasteiger partial charge in [-0.3, -0.25) is 4.57 Å². The molecule has 2 rings (SSSR count). The second kappa shape index (κ2) is 4.51. The van der Waals surface area contributed by atoms with Crippen LogP contribution in [-0.4, -0.2) is 11.2 Å². The molecule has 0 spiro atoms. The lowest BCUT2D eigenvalue weighted by atomic mass is 10.1. The Morgan fingerprint density at radius 1 is 1.50 bits per heavy atom. The van der Waals surface area contributed by atoms with E-state index in [1.807, 2.05) is 19.1 Å². The SMILES string of the molecule is CCn1c(=O)oc2ccc(CCON)cc21. The van der Waals surface area contributed by atoms with Gasteiger partial charge in [0, 0.05) is 6.54 Å². The fourth-order valence-electron chi connectivity index (χ4n) is 1.74. The van der Waals surface area contributed by atoms with Gasteiger partial charge < -0.3 is 9.25 Å². The normalized spacial score (nSPS) is 11.1. The monoisotopic (exact) mass is 222 g/mol. The van der Waals surface area contributed by atoms with Crippen LogP contribution < -0.4 is 11.7 Å². The van der Waals surface area contributed by atoms with Crippen LogP contribution in [0.15, 0.2) is 27.4 Å². The van der Waals surface area contributed by atoms with Gasteiger partial charge in [0.05, 0.1) is 12.1 Å². The largest absolute Gasteiger partial charge is 0.419 e. The summed E-state index contributed by atoms with van der Waals surface area (Å²) >= 11 is 0. The number of benzene rings is 1. The number of hydrogen-bond acceptors (Lipinski definition) is 4. The summed E-state index contributed by atoms with van der Waals surface area (Å²) in [5.41, 5.74) is 2.51. The molecule has 1 aromatic carbocycles. The lowest BCUT2D eigenvalue weighted by Gasteiger charge is -2.01. The number of nitrogens with zero attached hydrogens (tertiary/aromatic N) is 1. The van der Waals surface area contributed by atoms with E-state index in [4.69, 9.17) is 10.3 Å². The van der Waals surface area contributed by atoms with Gasteiger partial charge in [0.1, 0.15) is 0 Å². The number of nitrogens with two attached hydrogens (primary N) is 1. The Balaban J connectivity index is 2.47. The van der Waals surface area contributed by atoms with Crippen LogP contribution in [0.5, 0.6) is 0 Å². The van der Waals surface area contributed by atoms with Crippen LogP contribution in [0.1, 0.15) is 12.5 Å². The van der Waals surface area contributed by atoms with Gasteiger partial charge in [-0.2, -0.15) is 0 Å². The second-order valence-electron chi connectivity index (χ2n) is 3.54. The molecule has 0 radical (unpaired) electrons. The van der Waals surface area contributed by atoms with Crippen molar-refractivity contribution in [3.05, 3.63) is 34.3 Å². The van der Waals surface area contributed by atoms with Gasteiger partial charge in [0.2, 0.25) is 0 Å². The van der Waals surface area contributed by atoms with Crippen LogP contribution >= 0.6 is 0 Å². The lowest BCUT2D eigenvalue weighted by Crippen LogP contribution is -2.12. The maximum atomic E-state index is 11.4. The van der Waals surface area contributed by atoms with Gasteiger partial charge in [-0.25, -0.2) is 10.7 Å². The first-order valence-corrected chi connectivity index (χ1v) is 5.20. The zero-order valence-corrected chi connectivity index (χ0v) is 9.10. The van der Waals surface area contributed by atoms with Crippen molar-refractivity contribution in [3.63, 3.8) is 0 Å². The van der Waals surface area contributed by atoms with Crippen LogP contribution in [0, 0.1) is 0 Å². The van der Waals surface area contributed by atoms with Crippen LogP contribution in [0.25, 0.3) is 11.1 Å². The third kappa shape index (κ3) is 1.87. The van der Waals surface area contributed by atoms with Gasteiger partial charge in [-0.05, 0) is 31.0 Å². The summed E-state index contributed by atoms with van der Waals surface area (Å²) in [4.78, 5) is 16.0. The maximum absolute atomic E-state index is 11.4. The Morgan fingerprint density at radius 2 is 2.31 bits per heavy atom. The molecule has 1 aromatic heterocycles. The van der Waals surface area contributed by atoms with Gasteiger partial charge in [-0.15, -0.1) is 0 Å². The Labute approximate surface area is 92.4 Å². The Bertz CT molecular complexity index is 542. The predicted molar refractivity (Wildman–Crippen MR) is 60.0 cm³/mol. The predicted octanol–water partition coefficient (Wildman–Crippen LogP) is 1.05. The van der Waals surface area contributed by atoms with E-state index in [0.29, 0.717) is 18.7 Å². The number of aryl methyl sites for hydroxylation is 1. The summed E-state index contributed by atoms with van der Waals surface area (Å²) in [6.07, 6.45) is 0.718. The zero-order chi connectivity index (χ0) is 11.5. The molecule has 0 unspecified atom stereocenters. The molecule has 0 aliphatic rings. The van der Waals surface area contributed by atoms with Crippen LogP contribution in [0.4, 0.5) is 0 Å². The van der Waals surface area contributed by atoms with Crippen LogP contribution in [0.2, 0.25) is 0 Å². The molecule has 2 aromatic rings. The van der Waals surface area contributed by atoms with E-state index in [2.05, 4.69) is 4.84 Å². The highest BCUT2D eigenvalue weighted by Gasteiger charge is 2.07. The minimum Gasteiger partial charge on any atom is -0.408 e. The summed E-state index contributed by atoms with van der Waals surface area (Å²) < 4.78 is 6.70. The highest BCUT2D eigenvalue weighted by molar-refractivity contribution is 5.73. The van der Waals surface area contributed by atoms with Crippen molar-refractivity contribution in [2.75, 3.05) is 6.61 Å². The second-order valence-corrected chi connectivity index (χ2v) is 3.54. The van der Waals surface area contributed by atoms with Crippen molar-refractivity contribution in [2.24, 2.45) is 5.90 Å². The van der Waals surface area contributed by atoms with Crippen molar-refractivity contribution in [1.82, 2.24) is 4.57 Å². The van der Waals surface area contributed by atoms with Crippen molar-refractivity contribution in [2.45, 2.75) is 19.9 Å². The molecule has 86 valence electrons. The van der Waals surface area contributed by atoms with E-state index in [9.17, 15) is 4.79 Å². The molecular formula is C11H14N2O3. The van der Waals surface area contributed by atoms with Crippen LogP contribution in [-0.2, 0) is 17.8 Å². The van der Waals surface area contributed by atoms with Crippen molar-refractivity contribution in [1.29, 1.82) is 0 Å². The highest BCUT2D eigenvalue weighted by Crippen LogP contribution is 2.15.